The Kier molecular flexibility index (Phi) is 9.45. The molecule has 0 fully saturated rings. The molecule has 0 saturated heterocycles. The molecule has 0 saturated carbocycles. The van der Waals surface area contributed by atoms with Crippen LogP contribution in [0, 0.1) is 0 Å². The van der Waals surface area contributed by atoms with E-state index in [9.17, 15) is 0 Å². The van der Waals surface area contributed by atoms with Crippen LogP contribution in [0.4, 0.5) is 51.2 Å². The molecule has 1 aromatic heterocycles. The Morgan fingerprint density at radius 1 is 0.306 bits per heavy atom. The lowest BCUT2D eigenvalue weighted by Gasteiger charge is -2.31. The number of para-hydroxylation sites is 4. The van der Waals surface area contributed by atoms with E-state index in [-0.39, 0.29) is 0 Å². The summed E-state index contributed by atoms with van der Waals surface area (Å²) < 4.78 is 6.71. The van der Waals surface area contributed by atoms with Crippen molar-refractivity contribution in [2.45, 2.75) is 0 Å². The first-order chi connectivity index (χ1) is 30.7. The van der Waals surface area contributed by atoms with Crippen LogP contribution in [0.5, 0.6) is 0 Å². The molecule has 10 aromatic carbocycles. The summed E-state index contributed by atoms with van der Waals surface area (Å²) in [5, 5.41) is 4.54. The fourth-order valence-corrected chi connectivity index (χ4v) is 8.57. The third kappa shape index (κ3) is 6.87. The Labute approximate surface area is 360 Å². The van der Waals surface area contributed by atoms with Gasteiger partial charge in [0.25, 0.3) is 0 Å². The van der Waals surface area contributed by atoms with Gasteiger partial charge < -0.3 is 19.1 Å². The van der Waals surface area contributed by atoms with Crippen LogP contribution in [0.3, 0.4) is 0 Å². The van der Waals surface area contributed by atoms with E-state index in [0.717, 1.165) is 84.0 Å². The van der Waals surface area contributed by atoms with Gasteiger partial charge in [0.15, 0.2) is 5.58 Å². The van der Waals surface area contributed by atoms with Crippen molar-refractivity contribution in [2.75, 3.05) is 14.7 Å². The van der Waals surface area contributed by atoms with Crippen LogP contribution in [-0.4, -0.2) is 4.98 Å². The molecule has 11 aromatic rings. The maximum Gasteiger partial charge on any atom is 0.227 e. The van der Waals surface area contributed by atoms with Gasteiger partial charge in [0, 0.05) is 62.1 Å². The average Bonchev–Trinajstić information content (AvgIpc) is 3.79. The lowest BCUT2D eigenvalue weighted by Crippen LogP contribution is -2.14. The van der Waals surface area contributed by atoms with E-state index in [0.29, 0.717) is 5.89 Å². The average molecular weight is 797 g/mol. The molecule has 0 aliphatic heterocycles. The summed E-state index contributed by atoms with van der Waals surface area (Å²) in [5.74, 6) is 0.583. The maximum atomic E-state index is 6.71. The molecule has 0 aliphatic carbocycles. The summed E-state index contributed by atoms with van der Waals surface area (Å²) in [7, 11) is 0. The quantitative estimate of drug-likeness (QED) is 0.129. The number of nitrogens with zero attached hydrogens (tertiary/aromatic N) is 4. The molecule has 0 aliphatic rings. The number of anilines is 9. The molecular weight excluding hydrogens is 757 g/mol. The molecule has 62 heavy (non-hydrogen) atoms. The van der Waals surface area contributed by atoms with E-state index >= 15 is 0 Å². The molecule has 5 heteroatoms. The minimum absolute atomic E-state index is 0.583. The SMILES string of the molecule is c1ccc(N(c2ccccc2)c2cccc(N(c3ccccc3)c3cccc(N(c4ccccc4)c4cccc(-c5nc6ccc7ccc8ccccc8c7c6o5)c4)c3)c2)cc1. The topological polar surface area (TPSA) is 35.8 Å². The highest BCUT2D eigenvalue weighted by atomic mass is 16.3. The Balaban J connectivity index is 1.02. The molecule has 0 atom stereocenters. The third-order valence-electron chi connectivity index (χ3n) is 11.4. The second-order valence-corrected chi connectivity index (χ2v) is 15.3. The van der Waals surface area contributed by atoms with Crippen molar-refractivity contribution in [1.29, 1.82) is 0 Å². The van der Waals surface area contributed by atoms with Crippen LogP contribution >= 0.6 is 0 Å². The number of aromatic nitrogens is 1. The molecule has 1 heterocycles. The number of oxazole rings is 1. The zero-order chi connectivity index (χ0) is 41.2. The Hall–Kier alpha value is -8.41. The molecule has 0 amide bonds. The molecule has 11 rings (SSSR count). The number of benzene rings is 10. The van der Waals surface area contributed by atoms with Crippen LogP contribution < -0.4 is 14.7 Å². The summed E-state index contributed by atoms with van der Waals surface area (Å²) in [6, 6.07) is 85.1. The van der Waals surface area contributed by atoms with E-state index < -0.39 is 0 Å². The van der Waals surface area contributed by atoms with E-state index in [1.807, 2.05) is 0 Å². The minimum atomic E-state index is 0.583. The van der Waals surface area contributed by atoms with Crippen molar-refractivity contribution in [2.24, 2.45) is 0 Å². The Morgan fingerprint density at radius 2 is 0.694 bits per heavy atom. The fourth-order valence-electron chi connectivity index (χ4n) is 8.57. The summed E-state index contributed by atoms with van der Waals surface area (Å²) in [5.41, 5.74) is 11.9. The van der Waals surface area contributed by atoms with Gasteiger partial charge in [-0.25, -0.2) is 4.98 Å². The highest BCUT2D eigenvalue weighted by Crippen LogP contribution is 2.44. The molecule has 0 unspecified atom stereocenters. The highest BCUT2D eigenvalue weighted by molar-refractivity contribution is 6.18. The first-order valence-corrected chi connectivity index (χ1v) is 20.9. The van der Waals surface area contributed by atoms with Crippen molar-refractivity contribution in [3.8, 4) is 11.5 Å². The van der Waals surface area contributed by atoms with E-state index in [2.05, 4.69) is 257 Å². The monoisotopic (exact) mass is 796 g/mol. The lowest BCUT2D eigenvalue weighted by molar-refractivity contribution is 0.623. The van der Waals surface area contributed by atoms with Crippen LogP contribution in [0.2, 0.25) is 0 Å². The summed E-state index contributed by atoms with van der Waals surface area (Å²) >= 11 is 0. The van der Waals surface area contributed by atoms with Crippen molar-refractivity contribution < 1.29 is 4.42 Å². The first-order valence-electron chi connectivity index (χ1n) is 20.9. The second-order valence-electron chi connectivity index (χ2n) is 15.3. The van der Waals surface area contributed by atoms with Gasteiger partial charge in [-0.3, -0.25) is 0 Å². The van der Waals surface area contributed by atoms with Crippen LogP contribution in [0.15, 0.2) is 247 Å². The predicted octanol–water partition coefficient (Wildman–Crippen LogP) is 16.2. The lowest BCUT2D eigenvalue weighted by atomic mass is 10.0. The summed E-state index contributed by atoms with van der Waals surface area (Å²) in [4.78, 5) is 12.0. The predicted molar refractivity (Wildman–Crippen MR) is 259 cm³/mol. The van der Waals surface area contributed by atoms with Crippen molar-refractivity contribution in [3.63, 3.8) is 0 Å². The third-order valence-corrected chi connectivity index (χ3v) is 11.4. The maximum absolute atomic E-state index is 6.71. The van der Waals surface area contributed by atoms with Crippen LogP contribution in [-0.2, 0) is 0 Å². The zero-order valence-electron chi connectivity index (χ0n) is 33.8. The number of rotatable bonds is 10. The molecule has 294 valence electrons. The zero-order valence-corrected chi connectivity index (χ0v) is 33.8. The molecule has 5 nitrogen and oxygen atoms in total. The van der Waals surface area contributed by atoms with Gasteiger partial charge in [-0.15, -0.1) is 0 Å². The fraction of sp³-hybridized carbons (Fsp3) is 0. The van der Waals surface area contributed by atoms with Crippen LogP contribution in [0.1, 0.15) is 0 Å². The smallest absolute Gasteiger partial charge is 0.227 e. The van der Waals surface area contributed by atoms with Gasteiger partial charge in [0.05, 0.1) is 0 Å². The van der Waals surface area contributed by atoms with Crippen molar-refractivity contribution >= 4 is 83.8 Å². The van der Waals surface area contributed by atoms with Gasteiger partial charge in [-0.2, -0.15) is 0 Å². The van der Waals surface area contributed by atoms with Gasteiger partial charge in [0.1, 0.15) is 5.52 Å². The van der Waals surface area contributed by atoms with E-state index in [1.54, 1.807) is 0 Å². The molecule has 0 N–H and O–H groups in total. The standard InChI is InChI=1S/C57H40N4O/c1-5-20-44(21-6-1)59(45-22-7-2-8-23-45)49-29-16-31-51(39-49)61(47-26-11-4-12-27-47)52-32-17-30-50(40-52)60(46-24-9-3-10-25-46)48-28-15-19-43(38-48)57-58-54-37-36-42-35-34-41-18-13-14-33-53(41)55(42)56(54)62-57/h1-40H. The second kappa shape index (κ2) is 16.0. The molecule has 0 radical (unpaired) electrons. The van der Waals surface area contributed by atoms with Gasteiger partial charge in [0.2, 0.25) is 5.89 Å². The summed E-state index contributed by atoms with van der Waals surface area (Å²) in [6.45, 7) is 0. The minimum Gasteiger partial charge on any atom is -0.435 e. The van der Waals surface area contributed by atoms with E-state index in [1.165, 1.54) is 5.39 Å². The number of hydrogen-bond acceptors (Lipinski definition) is 5. The van der Waals surface area contributed by atoms with Gasteiger partial charge in [-0.1, -0.05) is 133 Å². The highest BCUT2D eigenvalue weighted by Gasteiger charge is 2.21. The summed E-state index contributed by atoms with van der Waals surface area (Å²) in [6.07, 6.45) is 0. The Morgan fingerprint density at radius 3 is 1.21 bits per heavy atom. The molecule has 0 bridgehead atoms. The number of hydrogen-bond donors (Lipinski definition) is 0. The van der Waals surface area contributed by atoms with Gasteiger partial charge >= 0.3 is 0 Å². The van der Waals surface area contributed by atoms with Crippen molar-refractivity contribution in [1.82, 2.24) is 4.98 Å². The van der Waals surface area contributed by atoms with Crippen LogP contribution in [0.25, 0.3) is 44.1 Å². The number of fused-ring (bicyclic) bond motifs is 5. The Bertz CT molecular complexity index is 3280. The first kappa shape index (κ1) is 36.7. The van der Waals surface area contributed by atoms with Crippen molar-refractivity contribution in [3.05, 3.63) is 243 Å². The normalized spacial score (nSPS) is 11.2. The largest absolute Gasteiger partial charge is 0.435 e. The molecule has 0 spiro atoms. The molecular formula is C57H40N4O. The van der Waals surface area contributed by atoms with Gasteiger partial charge in [-0.05, 0) is 125 Å². The van der Waals surface area contributed by atoms with E-state index in [4.69, 9.17) is 9.40 Å².